The molecule has 0 spiro atoms. The Morgan fingerprint density at radius 3 is 2.16 bits per heavy atom. The van der Waals surface area contributed by atoms with Crippen LogP contribution in [0.5, 0.6) is 0 Å². The van der Waals surface area contributed by atoms with Gasteiger partial charge in [-0.25, -0.2) is 0 Å². The van der Waals surface area contributed by atoms with Crippen molar-refractivity contribution in [3.8, 4) is 11.3 Å². The first kappa shape index (κ1) is 23.5. The van der Waals surface area contributed by atoms with Gasteiger partial charge in [0.05, 0.1) is 18.3 Å². The molecule has 1 unspecified atom stereocenters. The standard InChI is InChI=1S/C31H27BrN4O/c32-26-16-14-25(15-17-26)29-27-28(24-12-5-2-6-13-24)33-36(22-23-10-3-1-4-11-23)30(27)31(37)35(29)21-9-20-34-18-7-8-19-34/h1-8,10-19,29H,9,20-22H2. The van der Waals surface area contributed by atoms with Gasteiger partial charge >= 0.3 is 0 Å². The number of carbonyl (C=O) groups is 1. The first-order valence-electron chi connectivity index (χ1n) is 12.6. The summed E-state index contributed by atoms with van der Waals surface area (Å²) in [6.45, 7) is 2.07. The molecule has 1 amide bonds. The monoisotopic (exact) mass is 550 g/mol. The van der Waals surface area contributed by atoms with Gasteiger partial charge in [-0.05, 0) is 41.8 Å². The van der Waals surface area contributed by atoms with Crippen molar-refractivity contribution in [3.05, 3.63) is 136 Å². The third-order valence-electron chi connectivity index (χ3n) is 6.93. The van der Waals surface area contributed by atoms with Crippen LogP contribution in [0.3, 0.4) is 0 Å². The Labute approximate surface area is 225 Å². The van der Waals surface area contributed by atoms with Crippen molar-refractivity contribution in [2.75, 3.05) is 6.54 Å². The van der Waals surface area contributed by atoms with E-state index in [1.807, 2.05) is 70.2 Å². The van der Waals surface area contributed by atoms with Gasteiger partial charge in [0, 0.05) is 41.1 Å². The Morgan fingerprint density at radius 2 is 1.46 bits per heavy atom. The number of amides is 1. The van der Waals surface area contributed by atoms with Crippen LogP contribution in [-0.4, -0.2) is 31.7 Å². The minimum Gasteiger partial charge on any atom is -0.354 e. The maximum Gasteiger partial charge on any atom is 0.273 e. The van der Waals surface area contributed by atoms with E-state index in [9.17, 15) is 4.79 Å². The summed E-state index contributed by atoms with van der Waals surface area (Å²) < 4.78 is 5.09. The summed E-state index contributed by atoms with van der Waals surface area (Å²) in [5.41, 5.74) is 5.79. The van der Waals surface area contributed by atoms with E-state index in [2.05, 4.69) is 69.3 Å². The molecule has 2 aromatic heterocycles. The van der Waals surface area contributed by atoms with Crippen LogP contribution in [0.25, 0.3) is 11.3 Å². The van der Waals surface area contributed by atoms with E-state index in [1.54, 1.807) is 0 Å². The lowest BCUT2D eigenvalue weighted by atomic mass is 9.96. The Hall–Kier alpha value is -3.90. The molecule has 0 bridgehead atoms. The van der Waals surface area contributed by atoms with Crippen molar-refractivity contribution in [2.24, 2.45) is 0 Å². The van der Waals surface area contributed by atoms with Crippen LogP contribution in [-0.2, 0) is 13.1 Å². The first-order chi connectivity index (χ1) is 18.2. The molecule has 0 saturated heterocycles. The van der Waals surface area contributed by atoms with Gasteiger partial charge in [-0.2, -0.15) is 5.10 Å². The number of carbonyl (C=O) groups excluding carboxylic acids is 1. The molecule has 6 rings (SSSR count). The van der Waals surface area contributed by atoms with E-state index in [0.29, 0.717) is 18.8 Å². The number of halogens is 1. The van der Waals surface area contributed by atoms with Gasteiger partial charge in [-0.15, -0.1) is 0 Å². The number of hydrogen-bond donors (Lipinski definition) is 0. The normalized spacial score (nSPS) is 14.8. The van der Waals surface area contributed by atoms with E-state index < -0.39 is 0 Å². The number of fused-ring (bicyclic) bond motifs is 1. The van der Waals surface area contributed by atoms with Gasteiger partial charge in [0.25, 0.3) is 5.91 Å². The summed E-state index contributed by atoms with van der Waals surface area (Å²) in [4.78, 5) is 16.2. The molecule has 5 aromatic rings. The largest absolute Gasteiger partial charge is 0.354 e. The molecule has 184 valence electrons. The summed E-state index contributed by atoms with van der Waals surface area (Å²) >= 11 is 3.57. The molecule has 1 atom stereocenters. The highest BCUT2D eigenvalue weighted by Gasteiger charge is 2.43. The van der Waals surface area contributed by atoms with Crippen LogP contribution < -0.4 is 0 Å². The molecular formula is C31H27BrN4O. The van der Waals surface area contributed by atoms with Crippen molar-refractivity contribution >= 4 is 21.8 Å². The van der Waals surface area contributed by atoms with Crippen molar-refractivity contribution in [1.29, 1.82) is 0 Å². The fourth-order valence-corrected chi connectivity index (χ4v) is 5.48. The highest BCUT2D eigenvalue weighted by Crippen LogP contribution is 2.44. The fraction of sp³-hybridized carbons (Fsp3) is 0.161. The van der Waals surface area contributed by atoms with Crippen LogP contribution in [0.2, 0.25) is 0 Å². The molecule has 0 aliphatic carbocycles. The predicted octanol–water partition coefficient (Wildman–Crippen LogP) is 6.80. The lowest BCUT2D eigenvalue weighted by Gasteiger charge is -2.27. The Bertz CT molecular complexity index is 1490. The van der Waals surface area contributed by atoms with Crippen molar-refractivity contribution in [3.63, 3.8) is 0 Å². The maximum absolute atomic E-state index is 14.1. The van der Waals surface area contributed by atoms with Gasteiger partial charge in [-0.3, -0.25) is 9.48 Å². The lowest BCUT2D eigenvalue weighted by molar-refractivity contribution is 0.0734. The number of nitrogens with zero attached hydrogens (tertiary/aromatic N) is 4. The molecule has 0 fully saturated rings. The molecule has 3 aromatic carbocycles. The maximum atomic E-state index is 14.1. The van der Waals surface area contributed by atoms with Gasteiger partial charge in [0.15, 0.2) is 0 Å². The third-order valence-corrected chi connectivity index (χ3v) is 7.46. The zero-order chi connectivity index (χ0) is 25.2. The summed E-state index contributed by atoms with van der Waals surface area (Å²) in [7, 11) is 0. The summed E-state index contributed by atoms with van der Waals surface area (Å²) in [5.74, 6) is 0.0426. The SMILES string of the molecule is O=C1c2c(c(-c3ccccc3)nn2Cc2ccccc2)C(c2ccc(Br)cc2)N1CCCn1cccc1. The first-order valence-corrected chi connectivity index (χ1v) is 13.4. The topological polar surface area (TPSA) is 43.1 Å². The summed E-state index contributed by atoms with van der Waals surface area (Å²) in [5, 5.41) is 5.05. The number of aromatic nitrogens is 3. The van der Waals surface area contributed by atoms with Crippen molar-refractivity contribution < 1.29 is 4.79 Å². The smallest absolute Gasteiger partial charge is 0.273 e. The molecule has 1 aliphatic rings. The zero-order valence-corrected chi connectivity index (χ0v) is 22.0. The van der Waals surface area contributed by atoms with Gasteiger partial charge < -0.3 is 9.47 Å². The van der Waals surface area contributed by atoms with E-state index in [0.717, 1.165) is 45.4 Å². The lowest BCUT2D eigenvalue weighted by Crippen LogP contribution is -2.32. The second-order valence-electron chi connectivity index (χ2n) is 9.35. The average molecular weight is 551 g/mol. The van der Waals surface area contributed by atoms with Crippen molar-refractivity contribution in [2.45, 2.75) is 25.6 Å². The minimum absolute atomic E-state index is 0.0426. The van der Waals surface area contributed by atoms with Crippen LogP contribution in [0.4, 0.5) is 0 Å². The minimum atomic E-state index is -0.194. The Balaban J connectivity index is 1.46. The molecule has 0 N–H and O–H groups in total. The van der Waals surface area contributed by atoms with E-state index in [1.165, 1.54) is 0 Å². The van der Waals surface area contributed by atoms with Crippen molar-refractivity contribution in [1.82, 2.24) is 19.2 Å². The van der Waals surface area contributed by atoms with Gasteiger partial charge in [0.1, 0.15) is 5.69 Å². The number of hydrogen-bond acceptors (Lipinski definition) is 2. The number of rotatable bonds is 8. The van der Waals surface area contributed by atoms with Crippen LogP contribution in [0.1, 0.15) is 39.6 Å². The molecule has 0 saturated carbocycles. The van der Waals surface area contributed by atoms with Crippen LogP contribution in [0, 0.1) is 0 Å². The molecule has 5 nitrogen and oxygen atoms in total. The summed E-state index contributed by atoms with van der Waals surface area (Å²) in [6, 6.07) is 32.6. The molecule has 1 aliphatic heterocycles. The second-order valence-corrected chi connectivity index (χ2v) is 10.3. The third kappa shape index (κ3) is 4.65. The fourth-order valence-electron chi connectivity index (χ4n) is 5.21. The van der Waals surface area contributed by atoms with Crippen LogP contribution in [0.15, 0.2) is 114 Å². The molecule has 37 heavy (non-hydrogen) atoms. The second kappa shape index (κ2) is 10.2. The average Bonchev–Trinajstić information content (AvgIpc) is 3.64. The van der Waals surface area contributed by atoms with E-state index in [4.69, 9.17) is 5.10 Å². The highest BCUT2D eigenvalue weighted by molar-refractivity contribution is 9.10. The number of aryl methyl sites for hydroxylation is 1. The van der Waals surface area contributed by atoms with Gasteiger partial charge in [0.2, 0.25) is 0 Å². The van der Waals surface area contributed by atoms with Gasteiger partial charge in [-0.1, -0.05) is 88.7 Å². The summed E-state index contributed by atoms with van der Waals surface area (Å²) in [6.07, 6.45) is 5.00. The molecule has 0 radical (unpaired) electrons. The van der Waals surface area contributed by atoms with E-state index >= 15 is 0 Å². The van der Waals surface area contributed by atoms with E-state index in [-0.39, 0.29) is 11.9 Å². The zero-order valence-electron chi connectivity index (χ0n) is 20.4. The molecular weight excluding hydrogens is 524 g/mol. The Morgan fingerprint density at radius 1 is 0.784 bits per heavy atom. The predicted molar refractivity (Wildman–Crippen MR) is 149 cm³/mol. The van der Waals surface area contributed by atoms with Crippen LogP contribution >= 0.6 is 15.9 Å². The quantitative estimate of drug-likeness (QED) is 0.213. The number of benzene rings is 3. The Kier molecular flexibility index (Phi) is 6.49. The highest BCUT2D eigenvalue weighted by atomic mass is 79.9. The molecule has 3 heterocycles. The molecule has 6 heteroatoms.